The lowest BCUT2D eigenvalue weighted by Gasteiger charge is -1.95. The lowest BCUT2D eigenvalue weighted by atomic mass is 10.3. The molecule has 0 bridgehead atoms. The van der Waals surface area contributed by atoms with E-state index in [2.05, 4.69) is 6.08 Å². The van der Waals surface area contributed by atoms with Crippen LogP contribution in [0.5, 0.6) is 0 Å². The van der Waals surface area contributed by atoms with E-state index in [0.29, 0.717) is 0 Å². The Hall–Kier alpha value is -0.720. The quantitative estimate of drug-likeness (QED) is 0.464. The molecule has 1 aliphatic rings. The Morgan fingerprint density at radius 2 is 2.50 bits per heavy atom. The van der Waals surface area contributed by atoms with E-state index < -0.39 is 0 Å². The fraction of sp³-hybridized carbons (Fsp3) is 0.429. The summed E-state index contributed by atoms with van der Waals surface area (Å²) in [7, 11) is 0. The maximum absolute atomic E-state index is 5.23. The van der Waals surface area contributed by atoms with Gasteiger partial charge in [0.15, 0.2) is 0 Å². The maximum atomic E-state index is 5.23. The average Bonchev–Trinajstić information content (AvgIpc) is 2.14. The topological polar surface area (TPSA) is 9.23 Å². The summed E-state index contributed by atoms with van der Waals surface area (Å²) >= 11 is 0. The molecule has 1 heteroatoms. The second-order valence-corrected chi connectivity index (χ2v) is 1.88. The molecule has 0 atom stereocenters. The molecule has 0 N–H and O–H groups in total. The lowest BCUT2D eigenvalue weighted by molar-refractivity contribution is 0.324. The third kappa shape index (κ3) is 0.915. The zero-order valence-electron chi connectivity index (χ0n) is 5.27. The molecule has 0 radical (unpaired) electrons. The molecule has 0 amide bonds. The van der Waals surface area contributed by atoms with Gasteiger partial charge in [0, 0.05) is 6.42 Å². The van der Waals surface area contributed by atoms with Crippen molar-refractivity contribution < 1.29 is 4.74 Å². The van der Waals surface area contributed by atoms with Crippen molar-refractivity contribution >= 4 is 0 Å². The van der Waals surface area contributed by atoms with Crippen molar-refractivity contribution in [1.82, 2.24) is 0 Å². The monoisotopic (exact) mass is 110 g/mol. The molecule has 1 heterocycles. The summed E-state index contributed by atoms with van der Waals surface area (Å²) in [4.78, 5) is 0. The van der Waals surface area contributed by atoms with Crippen molar-refractivity contribution in [3.8, 4) is 0 Å². The molecule has 1 nitrogen and oxygen atoms in total. The summed E-state index contributed by atoms with van der Waals surface area (Å²) in [5.74, 6) is 2.10. The standard InChI is InChI=1S/C7H10O/c1-3-7-5-4-6(2)8-7/h3-4H,5H2,1-2H3/b7-3+. The van der Waals surface area contributed by atoms with Gasteiger partial charge in [-0.25, -0.2) is 0 Å². The van der Waals surface area contributed by atoms with E-state index in [0.717, 1.165) is 17.9 Å². The minimum Gasteiger partial charge on any atom is -0.467 e. The van der Waals surface area contributed by atoms with E-state index in [1.807, 2.05) is 19.9 Å². The highest BCUT2D eigenvalue weighted by Gasteiger charge is 2.03. The molecule has 0 aliphatic carbocycles. The van der Waals surface area contributed by atoms with Crippen LogP contribution in [0, 0.1) is 0 Å². The molecule has 0 spiro atoms. The van der Waals surface area contributed by atoms with Crippen LogP contribution in [0.4, 0.5) is 0 Å². The van der Waals surface area contributed by atoms with Crippen LogP contribution in [-0.4, -0.2) is 0 Å². The van der Waals surface area contributed by atoms with Gasteiger partial charge in [0.25, 0.3) is 0 Å². The van der Waals surface area contributed by atoms with Gasteiger partial charge in [0.1, 0.15) is 5.76 Å². The molecule has 1 rings (SSSR count). The number of allylic oxidation sites excluding steroid dienone is 3. The SMILES string of the molecule is C/C=C1\CC=C(C)O1. The fourth-order valence-corrected chi connectivity index (χ4v) is 0.711. The second kappa shape index (κ2) is 2.03. The van der Waals surface area contributed by atoms with Gasteiger partial charge in [-0.15, -0.1) is 0 Å². The Balaban J connectivity index is 2.56. The molecule has 0 fully saturated rings. The lowest BCUT2D eigenvalue weighted by Crippen LogP contribution is -1.76. The molecule has 0 aromatic carbocycles. The van der Waals surface area contributed by atoms with Crippen LogP contribution in [0.1, 0.15) is 20.3 Å². The van der Waals surface area contributed by atoms with Crippen molar-refractivity contribution in [1.29, 1.82) is 0 Å². The van der Waals surface area contributed by atoms with Gasteiger partial charge in [-0.1, -0.05) is 0 Å². The third-order valence-corrected chi connectivity index (χ3v) is 1.20. The number of ether oxygens (including phenoxy) is 1. The van der Waals surface area contributed by atoms with Gasteiger partial charge in [0.05, 0.1) is 5.76 Å². The maximum Gasteiger partial charge on any atom is 0.103 e. The third-order valence-electron chi connectivity index (χ3n) is 1.20. The van der Waals surface area contributed by atoms with Gasteiger partial charge in [-0.2, -0.15) is 0 Å². The second-order valence-electron chi connectivity index (χ2n) is 1.88. The first-order chi connectivity index (χ1) is 3.83. The number of hydrogen-bond donors (Lipinski definition) is 0. The van der Waals surface area contributed by atoms with Crippen LogP contribution in [0.2, 0.25) is 0 Å². The molecule has 0 unspecified atom stereocenters. The summed E-state index contributed by atoms with van der Waals surface area (Å²) in [6.45, 7) is 3.96. The average molecular weight is 110 g/mol. The zero-order valence-corrected chi connectivity index (χ0v) is 5.27. The van der Waals surface area contributed by atoms with E-state index in [1.54, 1.807) is 0 Å². The summed E-state index contributed by atoms with van der Waals surface area (Å²) in [6.07, 6.45) is 5.05. The largest absolute Gasteiger partial charge is 0.467 e. The molecule has 44 valence electrons. The van der Waals surface area contributed by atoms with Crippen LogP contribution in [0.25, 0.3) is 0 Å². The normalized spacial score (nSPS) is 23.2. The van der Waals surface area contributed by atoms with Crippen LogP contribution in [-0.2, 0) is 4.74 Å². The molecular weight excluding hydrogens is 100 g/mol. The van der Waals surface area contributed by atoms with Crippen LogP contribution < -0.4 is 0 Å². The van der Waals surface area contributed by atoms with Gasteiger partial charge >= 0.3 is 0 Å². The minimum absolute atomic E-state index is 0.975. The highest BCUT2D eigenvalue weighted by Crippen LogP contribution is 2.18. The number of hydrogen-bond acceptors (Lipinski definition) is 1. The highest BCUT2D eigenvalue weighted by molar-refractivity contribution is 5.11. The predicted octanol–water partition coefficient (Wildman–Crippen LogP) is 2.21. The van der Waals surface area contributed by atoms with Crippen molar-refractivity contribution in [3.63, 3.8) is 0 Å². The van der Waals surface area contributed by atoms with Gasteiger partial charge in [-0.3, -0.25) is 0 Å². The molecule has 1 aliphatic heterocycles. The number of rotatable bonds is 0. The van der Waals surface area contributed by atoms with Gasteiger partial charge in [-0.05, 0) is 26.0 Å². The first-order valence-electron chi connectivity index (χ1n) is 2.82. The Kier molecular flexibility index (Phi) is 1.38. The summed E-state index contributed by atoms with van der Waals surface area (Å²) < 4.78 is 5.23. The van der Waals surface area contributed by atoms with Crippen LogP contribution in [0.3, 0.4) is 0 Å². The van der Waals surface area contributed by atoms with E-state index >= 15 is 0 Å². The molecule has 8 heavy (non-hydrogen) atoms. The first kappa shape index (κ1) is 5.42. The minimum atomic E-state index is 0.975. The Morgan fingerprint density at radius 1 is 1.75 bits per heavy atom. The molecule has 0 saturated heterocycles. The van der Waals surface area contributed by atoms with Crippen molar-refractivity contribution in [2.75, 3.05) is 0 Å². The summed E-state index contributed by atoms with van der Waals surface area (Å²) in [6, 6.07) is 0. The molecule has 0 aromatic heterocycles. The van der Waals surface area contributed by atoms with Crippen molar-refractivity contribution in [2.24, 2.45) is 0 Å². The first-order valence-corrected chi connectivity index (χ1v) is 2.82. The zero-order chi connectivity index (χ0) is 5.98. The van der Waals surface area contributed by atoms with E-state index in [-0.39, 0.29) is 0 Å². The Labute approximate surface area is 49.7 Å². The Bertz CT molecular complexity index is 142. The molecule has 0 aromatic rings. The predicted molar refractivity (Wildman–Crippen MR) is 33.2 cm³/mol. The van der Waals surface area contributed by atoms with E-state index in [4.69, 9.17) is 4.74 Å². The fourth-order valence-electron chi connectivity index (χ4n) is 0.711. The van der Waals surface area contributed by atoms with Crippen LogP contribution in [0.15, 0.2) is 23.7 Å². The van der Waals surface area contributed by atoms with Crippen molar-refractivity contribution in [3.05, 3.63) is 23.7 Å². The smallest absolute Gasteiger partial charge is 0.103 e. The van der Waals surface area contributed by atoms with Crippen molar-refractivity contribution in [2.45, 2.75) is 20.3 Å². The summed E-state index contributed by atoms with van der Waals surface area (Å²) in [5, 5.41) is 0. The van der Waals surface area contributed by atoms with Gasteiger partial charge in [0.2, 0.25) is 0 Å². The van der Waals surface area contributed by atoms with E-state index in [1.165, 1.54) is 0 Å². The van der Waals surface area contributed by atoms with Gasteiger partial charge < -0.3 is 4.74 Å². The summed E-state index contributed by atoms with van der Waals surface area (Å²) in [5.41, 5.74) is 0. The Morgan fingerprint density at radius 3 is 2.75 bits per heavy atom. The van der Waals surface area contributed by atoms with E-state index in [9.17, 15) is 0 Å². The molecular formula is C7H10O. The molecule has 0 saturated carbocycles. The highest BCUT2D eigenvalue weighted by atomic mass is 16.5. The van der Waals surface area contributed by atoms with Crippen LogP contribution >= 0.6 is 0 Å².